The van der Waals surface area contributed by atoms with Gasteiger partial charge in [0.05, 0.1) is 5.69 Å². The van der Waals surface area contributed by atoms with E-state index in [4.69, 9.17) is 5.73 Å². The molecule has 0 atom stereocenters. The molecule has 5 nitrogen and oxygen atoms in total. The monoisotopic (exact) mass is 279 g/mol. The summed E-state index contributed by atoms with van der Waals surface area (Å²) in [6, 6.07) is 14.2. The van der Waals surface area contributed by atoms with Gasteiger partial charge in [0.1, 0.15) is 0 Å². The van der Waals surface area contributed by atoms with Gasteiger partial charge in [-0.3, -0.25) is 0 Å². The number of tetrazole rings is 1. The topological polar surface area (TPSA) is 69.6 Å². The lowest BCUT2D eigenvalue weighted by atomic mass is 10.1. The molecule has 0 amide bonds. The van der Waals surface area contributed by atoms with Crippen molar-refractivity contribution in [3.8, 4) is 17.1 Å². The first kappa shape index (κ1) is 13.5. The average molecular weight is 279 g/mol. The Morgan fingerprint density at radius 3 is 2.29 bits per heavy atom. The van der Waals surface area contributed by atoms with E-state index in [2.05, 4.69) is 47.6 Å². The summed E-state index contributed by atoms with van der Waals surface area (Å²) in [6.07, 6.45) is 0. The van der Waals surface area contributed by atoms with Gasteiger partial charge in [-0.1, -0.05) is 30.3 Å². The van der Waals surface area contributed by atoms with E-state index >= 15 is 0 Å². The molecule has 0 aliphatic heterocycles. The minimum Gasteiger partial charge on any atom is -0.326 e. The van der Waals surface area contributed by atoms with Crippen LogP contribution in [-0.4, -0.2) is 20.2 Å². The first-order valence-electron chi connectivity index (χ1n) is 6.84. The van der Waals surface area contributed by atoms with Crippen LogP contribution in [0.5, 0.6) is 0 Å². The van der Waals surface area contributed by atoms with Crippen LogP contribution in [0.4, 0.5) is 0 Å². The van der Waals surface area contributed by atoms with Gasteiger partial charge in [-0.05, 0) is 53.1 Å². The predicted octanol–water partition coefficient (Wildman–Crippen LogP) is 2.40. The van der Waals surface area contributed by atoms with Gasteiger partial charge in [-0.15, -0.1) is 5.10 Å². The molecular formula is C16H17N5. The minimum absolute atomic E-state index is 0.530. The quantitative estimate of drug-likeness (QED) is 0.799. The molecule has 106 valence electrons. The Hall–Kier alpha value is -2.53. The molecule has 0 saturated carbocycles. The van der Waals surface area contributed by atoms with Crippen molar-refractivity contribution >= 4 is 0 Å². The molecule has 0 radical (unpaired) electrons. The van der Waals surface area contributed by atoms with Crippen molar-refractivity contribution in [1.82, 2.24) is 20.2 Å². The van der Waals surface area contributed by atoms with Crippen molar-refractivity contribution in [2.24, 2.45) is 5.73 Å². The van der Waals surface area contributed by atoms with E-state index < -0.39 is 0 Å². The lowest BCUT2D eigenvalue weighted by Gasteiger charge is -2.07. The number of aryl methyl sites for hydroxylation is 2. The second-order valence-electron chi connectivity index (χ2n) is 5.16. The number of aromatic nitrogens is 4. The fraction of sp³-hybridized carbons (Fsp3) is 0.188. The summed E-state index contributed by atoms with van der Waals surface area (Å²) in [6.45, 7) is 4.66. The molecule has 3 rings (SSSR count). The molecule has 1 aromatic heterocycles. The zero-order valence-electron chi connectivity index (χ0n) is 12.1. The van der Waals surface area contributed by atoms with E-state index in [1.165, 1.54) is 11.1 Å². The maximum atomic E-state index is 5.63. The van der Waals surface area contributed by atoms with Gasteiger partial charge in [0.25, 0.3) is 0 Å². The minimum atomic E-state index is 0.530. The highest BCUT2D eigenvalue weighted by molar-refractivity contribution is 5.58. The Morgan fingerprint density at radius 2 is 1.67 bits per heavy atom. The third-order valence-electron chi connectivity index (χ3n) is 3.37. The van der Waals surface area contributed by atoms with Crippen molar-refractivity contribution in [2.45, 2.75) is 20.4 Å². The van der Waals surface area contributed by atoms with Crippen molar-refractivity contribution in [3.05, 3.63) is 59.2 Å². The van der Waals surface area contributed by atoms with Crippen molar-refractivity contribution in [2.75, 3.05) is 0 Å². The van der Waals surface area contributed by atoms with Crippen LogP contribution in [-0.2, 0) is 6.54 Å². The SMILES string of the molecule is Cc1cc(C)cc(-n2nnnc2-c2ccc(CN)cc2)c1. The van der Waals surface area contributed by atoms with Crippen LogP contribution in [0, 0.1) is 13.8 Å². The molecule has 3 aromatic rings. The van der Waals surface area contributed by atoms with Crippen molar-refractivity contribution in [1.29, 1.82) is 0 Å². The lowest BCUT2D eigenvalue weighted by Crippen LogP contribution is -2.01. The van der Waals surface area contributed by atoms with E-state index in [1.807, 2.05) is 24.3 Å². The maximum absolute atomic E-state index is 5.63. The first-order valence-corrected chi connectivity index (χ1v) is 6.84. The fourth-order valence-electron chi connectivity index (χ4n) is 2.40. The van der Waals surface area contributed by atoms with Crippen molar-refractivity contribution < 1.29 is 0 Å². The molecule has 21 heavy (non-hydrogen) atoms. The van der Waals surface area contributed by atoms with Gasteiger partial charge in [-0.25, -0.2) is 0 Å². The van der Waals surface area contributed by atoms with Crippen LogP contribution < -0.4 is 5.73 Å². The number of nitrogens with two attached hydrogens (primary N) is 1. The van der Waals surface area contributed by atoms with Crippen LogP contribution in [0.1, 0.15) is 16.7 Å². The van der Waals surface area contributed by atoms with Gasteiger partial charge < -0.3 is 5.73 Å². The molecule has 5 heteroatoms. The molecule has 2 N–H and O–H groups in total. The number of hydrogen-bond acceptors (Lipinski definition) is 4. The Labute approximate surface area is 123 Å². The molecule has 0 spiro atoms. The maximum Gasteiger partial charge on any atom is 0.187 e. The van der Waals surface area contributed by atoms with E-state index in [9.17, 15) is 0 Å². The number of nitrogens with zero attached hydrogens (tertiary/aromatic N) is 4. The molecule has 1 heterocycles. The van der Waals surface area contributed by atoms with E-state index in [0.29, 0.717) is 6.54 Å². The van der Waals surface area contributed by atoms with Crippen LogP contribution in [0.15, 0.2) is 42.5 Å². The number of benzene rings is 2. The summed E-state index contributed by atoms with van der Waals surface area (Å²) in [5.74, 6) is 0.726. The second kappa shape index (κ2) is 5.46. The second-order valence-corrected chi connectivity index (χ2v) is 5.16. The highest BCUT2D eigenvalue weighted by Crippen LogP contribution is 2.21. The molecular weight excluding hydrogens is 262 g/mol. The Morgan fingerprint density at radius 1 is 1.00 bits per heavy atom. The Kier molecular flexibility index (Phi) is 3.50. The number of hydrogen-bond donors (Lipinski definition) is 1. The van der Waals surface area contributed by atoms with E-state index in [-0.39, 0.29) is 0 Å². The van der Waals surface area contributed by atoms with E-state index in [0.717, 1.165) is 22.6 Å². The first-order chi connectivity index (χ1) is 10.2. The largest absolute Gasteiger partial charge is 0.326 e. The van der Waals surface area contributed by atoms with Gasteiger partial charge >= 0.3 is 0 Å². The highest BCUT2D eigenvalue weighted by atomic mass is 15.5. The van der Waals surface area contributed by atoms with Gasteiger partial charge in [0.15, 0.2) is 5.82 Å². The van der Waals surface area contributed by atoms with Crippen LogP contribution in [0.25, 0.3) is 17.1 Å². The zero-order valence-corrected chi connectivity index (χ0v) is 12.1. The van der Waals surface area contributed by atoms with Crippen LogP contribution >= 0.6 is 0 Å². The van der Waals surface area contributed by atoms with Gasteiger partial charge in [0, 0.05) is 12.1 Å². The smallest absolute Gasteiger partial charge is 0.187 e. The fourth-order valence-corrected chi connectivity index (χ4v) is 2.40. The van der Waals surface area contributed by atoms with Crippen molar-refractivity contribution in [3.63, 3.8) is 0 Å². The third kappa shape index (κ3) is 2.68. The van der Waals surface area contributed by atoms with Crippen LogP contribution in [0.2, 0.25) is 0 Å². The summed E-state index contributed by atoms with van der Waals surface area (Å²) in [4.78, 5) is 0. The normalized spacial score (nSPS) is 10.8. The Bertz CT molecular complexity index is 738. The summed E-state index contributed by atoms with van der Waals surface area (Å²) in [7, 11) is 0. The highest BCUT2D eigenvalue weighted by Gasteiger charge is 2.11. The average Bonchev–Trinajstić information content (AvgIpc) is 2.96. The molecule has 0 saturated heterocycles. The molecule has 0 aliphatic carbocycles. The zero-order chi connectivity index (χ0) is 14.8. The summed E-state index contributed by atoms with van der Waals surface area (Å²) < 4.78 is 1.76. The van der Waals surface area contributed by atoms with E-state index in [1.54, 1.807) is 4.68 Å². The molecule has 0 fully saturated rings. The van der Waals surface area contributed by atoms with Gasteiger partial charge in [0.2, 0.25) is 0 Å². The predicted molar refractivity (Wildman–Crippen MR) is 82.0 cm³/mol. The molecule has 0 bridgehead atoms. The number of rotatable bonds is 3. The lowest BCUT2D eigenvalue weighted by molar-refractivity contribution is 0.790. The summed E-state index contributed by atoms with van der Waals surface area (Å²) in [5, 5.41) is 12.1. The summed E-state index contributed by atoms with van der Waals surface area (Å²) >= 11 is 0. The standard InChI is InChI=1S/C16H17N5/c1-11-7-12(2)9-15(8-11)21-16(18-19-20-21)14-5-3-13(10-17)4-6-14/h3-9H,10,17H2,1-2H3. The Balaban J connectivity index is 2.07. The molecule has 0 aliphatic rings. The van der Waals surface area contributed by atoms with Gasteiger partial charge in [-0.2, -0.15) is 4.68 Å². The summed E-state index contributed by atoms with van der Waals surface area (Å²) in [5.41, 5.74) is 11.0. The van der Waals surface area contributed by atoms with Crippen LogP contribution in [0.3, 0.4) is 0 Å². The third-order valence-corrected chi connectivity index (χ3v) is 3.37. The molecule has 0 unspecified atom stereocenters. The molecule has 2 aromatic carbocycles.